The van der Waals surface area contributed by atoms with E-state index in [9.17, 15) is 14.9 Å². The van der Waals surface area contributed by atoms with Crippen molar-refractivity contribution in [3.05, 3.63) is 83.3 Å². The first-order valence-corrected chi connectivity index (χ1v) is 11.0. The SMILES string of the molecule is O=C1NC(=Nc2cccc(Cl)c2Cl)S/C1=C\c1ccc(-c2cc([N+](=O)[O-])c(Cl)cc2Cl)o1. The second kappa shape index (κ2) is 9.17. The lowest BCUT2D eigenvalue weighted by molar-refractivity contribution is -0.384. The molecule has 2 heterocycles. The van der Waals surface area contributed by atoms with E-state index in [1.807, 2.05) is 0 Å². The average Bonchev–Trinajstić information content (AvgIpc) is 3.32. The smallest absolute Gasteiger partial charge is 0.288 e. The molecule has 2 aromatic carbocycles. The molecule has 1 aromatic heterocycles. The molecule has 0 bridgehead atoms. The number of nitro benzene ring substituents is 1. The van der Waals surface area contributed by atoms with Gasteiger partial charge in [-0.05, 0) is 42.1 Å². The summed E-state index contributed by atoms with van der Waals surface area (Å²) in [4.78, 5) is 27.5. The molecular formula is C20H9Cl4N3O4S. The number of furan rings is 1. The van der Waals surface area contributed by atoms with Crippen LogP contribution in [0.1, 0.15) is 5.76 Å². The zero-order valence-electron chi connectivity index (χ0n) is 15.6. The van der Waals surface area contributed by atoms with Gasteiger partial charge in [0.15, 0.2) is 5.17 Å². The summed E-state index contributed by atoms with van der Waals surface area (Å²) >= 11 is 25.3. The van der Waals surface area contributed by atoms with Crippen molar-refractivity contribution in [3.63, 3.8) is 0 Å². The van der Waals surface area contributed by atoms with Crippen molar-refractivity contribution >= 4 is 86.7 Å². The van der Waals surface area contributed by atoms with E-state index in [1.165, 1.54) is 18.2 Å². The van der Waals surface area contributed by atoms with E-state index in [-0.39, 0.29) is 32.4 Å². The Labute approximate surface area is 205 Å². The molecule has 12 heteroatoms. The highest BCUT2D eigenvalue weighted by atomic mass is 35.5. The Morgan fingerprint density at radius 2 is 1.84 bits per heavy atom. The van der Waals surface area contributed by atoms with Gasteiger partial charge in [-0.25, -0.2) is 4.99 Å². The molecule has 1 aliphatic heterocycles. The van der Waals surface area contributed by atoms with Crippen LogP contribution < -0.4 is 5.32 Å². The van der Waals surface area contributed by atoms with Gasteiger partial charge in [0, 0.05) is 17.7 Å². The fourth-order valence-electron chi connectivity index (χ4n) is 2.74. The van der Waals surface area contributed by atoms with Gasteiger partial charge in [-0.1, -0.05) is 52.5 Å². The maximum absolute atomic E-state index is 12.3. The maximum atomic E-state index is 12.3. The molecule has 1 N–H and O–H groups in total. The number of halogens is 4. The number of nitrogens with zero attached hydrogens (tertiary/aromatic N) is 2. The highest BCUT2D eigenvalue weighted by Crippen LogP contribution is 2.38. The van der Waals surface area contributed by atoms with Crippen LogP contribution in [-0.4, -0.2) is 16.0 Å². The van der Waals surface area contributed by atoms with Crippen molar-refractivity contribution in [1.82, 2.24) is 5.32 Å². The summed E-state index contributed by atoms with van der Waals surface area (Å²) in [7, 11) is 0. The van der Waals surface area contributed by atoms with Crippen molar-refractivity contribution in [1.29, 1.82) is 0 Å². The number of amidine groups is 1. The zero-order chi connectivity index (χ0) is 23.0. The summed E-state index contributed by atoms with van der Waals surface area (Å²) < 4.78 is 5.73. The van der Waals surface area contributed by atoms with Crippen LogP contribution in [0.4, 0.5) is 11.4 Å². The molecule has 0 spiro atoms. The minimum atomic E-state index is -0.611. The Kier molecular flexibility index (Phi) is 6.50. The second-order valence-electron chi connectivity index (χ2n) is 6.30. The third-order valence-electron chi connectivity index (χ3n) is 4.20. The minimum Gasteiger partial charge on any atom is -0.457 e. The molecule has 0 unspecified atom stereocenters. The predicted molar refractivity (Wildman–Crippen MR) is 128 cm³/mol. The zero-order valence-corrected chi connectivity index (χ0v) is 19.4. The quantitative estimate of drug-likeness (QED) is 0.216. The number of nitro groups is 1. The summed E-state index contributed by atoms with van der Waals surface area (Å²) in [5, 5.41) is 14.9. The molecule has 0 aliphatic carbocycles. The van der Waals surface area contributed by atoms with E-state index in [2.05, 4.69) is 10.3 Å². The Morgan fingerprint density at radius 1 is 1.06 bits per heavy atom. The van der Waals surface area contributed by atoms with Gasteiger partial charge in [0.25, 0.3) is 11.6 Å². The lowest BCUT2D eigenvalue weighted by Gasteiger charge is -2.02. The highest BCUT2D eigenvalue weighted by Gasteiger charge is 2.25. The largest absolute Gasteiger partial charge is 0.457 e. The van der Waals surface area contributed by atoms with Crippen molar-refractivity contribution in [2.75, 3.05) is 0 Å². The van der Waals surface area contributed by atoms with E-state index >= 15 is 0 Å². The van der Waals surface area contributed by atoms with Crippen molar-refractivity contribution in [2.45, 2.75) is 0 Å². The van der Waals surface area contributed by atoms with Gasteiger partial charge < -0.3 is 9.73 Å². The van der Waals surface area contributed by atoms with Crippen LogP contribution in [0, 0.1) is 10.1 Å². The maximum Gasteiger partial charge on any atom is 0.288 e. The number of benzene rings is 2. The van der Waals surface area contributed by atoms with Crippen molar-refractivity contribution < 1.29 is 14.1 Å². The van der Waals surface area contributed by atoms with Crippen LogP contribution in [0.2, 0.25) is 20.1 Å². The first kappa shape index (κ1) is 22.7. The monoisotopic (exact) mass is 527 g/mol. The Bertz CT molecular complexity index is 1340. The number of hydrogen-bond donors (Lipinski definition) is 1. The molecule has 4 rings (SSSR count). The van der Waals surface area contributed by atoms with Gasteiger partial charge in [0.05, 0.1) is 30.6 Å². The van der Waals surface area contributed by atoms with Gasteiger partial charge >= 0.3 is 0 Å². The highest BCUT2D eigenvalue weighted by molar-refractivity contribution is 8.18. The summed E-state index contributed by atoms with van der Waals surface area (Å²) in [5.41, 5.74) is 0.421. The number of carbonyl (C=O) groups excluding carboxylic acids is 1. The van der Waals surface area contributed by atoms with Gasteiger partial charge in [0.2, 0.25) is 0 Å². The van der Waals surface area contributed by atoms with Crippen LogP contribution in [-0.2, 0) is 4.79 Å². The first-order chi connectivity index (χ1) is 15.2. The molecule has 1 aliphatic rings. The van der Waals surface area contributed by atoms with Gasteiger partial charge in [-0.3, -0.25) is 14.9 Å². The normalized spacial score (nSPS) is 16.1. The van der Waals surface area contributed by atoms with Gasteiger partial charge in [-0.15, -0.1) is 0 Å². The topological polar surface area (TPSA) is 97.7 Å². The number of amides is 1. The lowest BCUT2D eigenvalue weighted by Crippen LogP contribution is -2.19. The van der Waals surface area contributed by atoms with Crippen molar-refractivity contribution in [3.8, 4) is 11.3 Å². The molecule has 0 atom stereocenters. The number of rotatable bonds is 4. The van der Waals surface area contributed by atoms with Gasteiger partial charge in [-0.2, -0.15) is 0 Å². The summed E-state index contributed by atoms with van der Waals surface area (Å²) in [6, 6.07) is 10.7. The molecule has 7 nitrogen and oxygen atoms in total. The van der Waals surface area contributed by atoms with Crippen LogP contribution >= 0.6 is 58.2 Å². The number of aliphatic imine (C=N–C) groups is 1. The molecule has 0 saturated carbocycles. The molecule has 162 valence electrons. The Hall–Kier alpha value is -2.49. The van der Waals surface area contributed by atoms with Crippen LogP contribution in [0.3, 0.4) is 0 Å². The fourth-order valence-corrected chi connectivity index (χ4v) is 4.44. The Balaban J connectivity index is 1.61. The number of thioether (sulfide) groups is 1. The molecule has 1 fully saturated rings. The third kappa shape index (κ3) is 4.65. The van der Waals surface area contributed by atoms with E-state index in [0.717, 1.165) is 11.8 Å². The summed E-state index contributed by atoms with van der Waals surface area (Å²) in [5.74, 6) is 0.253. The second-order valence-corrected chi connectivity index (χ2v) is 8.93. The van der Waals surface area contributed by atoms with E-state index in [1.54, 1.807) is 30.3 Å². The van der Waals surface area contributed by atoms with Crippen LogP contribution in [0.25, 0.3) is 17.4 Å². The molecule has 3 aromatic rings. The molecule has 1 amide bonds. The third-order valence-corrected chi connectivity index (χ3v) is 6.54. The summed E-state index contributed by atoms with van der Waals surface area (Å²) in [6.45, 7) is 0. The van der Waals surface area contributed by atoms with Gasteiger partial charge in [0.1, 0.15) is 16.5 Å². The number of hydrogen-bond acceptors (Lipinski definition) is 6. The average molecular weight is 529 g/mol. The van der Waals surface area contributed by atoms with E-state index in [4.69, 9.17) is 50.8 Å². The predicted octanol–water partition coefficient (Wildman–Crippen LogP) is 7.36. The first-order valence-electron chi connectivity index (χ1n) is 8.70. The summed E-state index contributed by atoms with van der Waals surface area (Å²) in [6.07, 6.45) is 1.52. The molecule has 32 heavy (non-hydrogen) atoms. The number of nitrogens with one attached hydrogen (secondary N) is 1. The molecule has 1 saturated heterocycles. The number of carbonyl (C=O) groups is 1. The fraction of sp³-hybridized carbons (Fsp3) is 0. The van der Waals surface area contributed by atoms with E-state index in [0.29, 0.717) is 32.1 Å². The van der Waals surface area contributed by atoms with Crippen LogP contribution in [0.15, 0.2) is 56.8 Å². The standard InChI is InChI=1S/C20H9Cl4N3O4S/c21-11-2-1-3-14(18(11)24)25-20-26-19(28)17(32-20)6-9-4-5-16(31-9)10-7-15(27(29)30)13(23)8-12(10)22/h1-8H,(H,25,26,28)/b17-6-. The van der Waals surface area contributed by atoms with E-state index < -0.39 is 4.92 Å². The Morgan fingerprint density at radius 3 is 2.59 bits per heavy atom. The lowest BCUT2D eigenvalue weighted by atomic mass is 10.1. The molecule has 0 radical (unpaired) electrons. The molecular weight excluding hydrogens is 520 g/mol. The van der Waals surface area contributed by atoms with Crippen LogP contribution in [0.5, 0.6) is 0 Å². The van der Waals surface area contributed by atoms with Crippen molar-refractivity contribution in [2.24, 2.45) is 4.99 Å². The minimum absolute atomic E-state index is 0.0803.